The zero-order chi connectivity index (χ0) is 24.8. The minimum absolute atomic E-state index is 0.0158. The molecule has 0 radical (unpaired) electrons. The number of fused-ring (bicyclic) bond motifs is 1. The number of aryl methyl sites for hydroxylation is 1. The van der Waals surface area contributed by atoms with E-state index in [0.717, 1.165) is 5.56 Å². The number of aromatic hydroxyl groups is 1. The predicted molar refractivity (Wildman–Crippen MR) is 120 cm³/mol. The molecule has 0 aliphatic carbocycles. The van der Waals surface area contributed by atoms with Crippen LogP contribution in [0.15, 0.2) is 36.9 Å². The van der Waals surface area contributed by atoms with Crippen molar-refractivity contribution >= 4 is 10.9 Å². The van der Waals surface area contributed by atoms with Crippen LogP contribution in [-0.2, 0) is 5.54 Å². The molecule has 8 nitrogen and oxygen atoms in total. The topological polar surface area (TPSA) is 87.2 Å². The van der Waals surface area contributed by atoms with Gasteiger partial charge in [0.25, 0.3) is 5.88 Å². The van der Waals surface area contributed by atoms with Crippen LogP contribution in [0.25, 0.3) is 27.8 Å². The summed E-state index contributed by atoms with van der Waals surface area (Å²) in [7, 11) is 1.30. The third kappa shape index (κ3) is 4.50. The average Bonchev–Trinajstić information content (AvgIpc) is 3.36. The highest BCUT2D eigenvalue weighted by atomic mass is 19.4. The van der Waals surface area contributed by atoms with E-state index in [-0.39, 0.29) is 23.0 Å². The predicted octanol–water partition coefficient (Wildman–Crippen LogP) is 5.00. The molecule has 34 heavy (non-hydrogen) atoms. The Kier molecular flexibility index (Phi) is 5.66. The molecular formula is C23H24F3N5O3. The molecule has 0 saturated carbocycles. The van der Waals surface area contributed by atoms with E-state index in [1.165, 1.54) is 19.4 Å². The Morgan fingerprint density at radius 3 is 2.44 bits per heavy atom. The first kappa shape index (κ1) is 23.4. The fourth-order valence-corrected chi connectivity index (χ4v) is 3.52. The van der Waals surface area contributed by atoms with Gasteiger partial charge in [0.15, 0.2) is 12.4 Å². The maximum absolute atomic E-state index is 12.6. The number of methoxy groups -OCH3 is 1. The molecule has 0 bridgehead atoms. The van der Waals surface area contributed by atoms with Crippen molar-refractivity contribution in [1.29, 1.82) is 0 Å². The van der Waals surface area contributed by atoms with Crippen LogP contribution in [0.5, 0.6) is 17.5 Å². The zero-order valence-electron chi connectivity index (χ0n) is 19.3. The van der Waals surface area contributed by atoms with Gasteiger partial charge in [0, 0.05) is 24.2 Å². The van der Waals surface area contributed by atoms with Crippen molar-refractivity contribution < 1.29 is 27.8 Å². The molecule has 180 valence electrons. The van der Waals surface area contributed by atoms with Gasteiger partial charge in [-0.25, -0.2) is 9.97 Å². The van der Waals surface area contributed by atoms with Crippen molar-refractivity contribution in [3.05, 3.63) is 42.5 Å². The molecule has 4 rings (SSSR count). The van der Waals surface area contributed by atoms with E-state index < -0.39 is 12.8 Å². The van der Waals surface area contributed by atoms with Crippen molar-refractivity contribution in [3.8, 4) is 34.5 Å². The van der Waals surface area contributed by atoms with Crippen LogP contribution < -0.4 is 9.47 Å². The molecule has 0 spiro atoms. The summed E-state index contributed by atoms with van der Waals surface area (Å²) >= 11 is 0. The molecule has 4 heterocycles. The van der Waals surface area contributed by atoms with E-state index in [1.807, 2.05) is 33.9 Å². The number of pyridine rings is 2. The maximum atomic E-state index is 12.6. The van der Waals surface area contributed by atoms with Crippen LogP contribution in [0, 0.1) is 6.92 Å². The third-order valence-electron chi connectivity index (χ3n) is 5.18. The van der Waals surface area contributed by atoms with E-state index in [2.05, 4.69) is 15.1 Å². The number of hydrogen-bond acceptors (Lipinski definition) is 6. The van der Waals surface area contributed by atoms with Crippen molar-refractivity contribution in [1.82, 2.24) is 24.3 Å². The lowest BCUT2D eigenvalue weighted by Crippen LogP contribution is -2.21. The molecule has 0 aliphatic heterocycles. The molecular weight excluding hydrogens is 451 g/mol. The lowest BCUT2D eigenvalue weighted by molar-refractivity contribution is -0.153. The summed E-state index contributed by atoms with van der Waals surface area (Å²) in [6.45, 7) is 6.39. The van der Waals surface area contributed by atoms with Gasteiger partial charge in [0.2, 0.25) is 5.88 Å². The largest absolute Gasteiger partial charge is 0.494 e. The molecule has 1 N–H and O–H groups in total. The summed E-state index contributed by atoms with van der Waals surface area (Å²) in [5, 5.41) is 15.8. The van der Waals surface area contributed by atoms with Gasteiger partial charge in [0.1, 0.15) is 0 Å². The summed E-state index contributed by atoms with van der Waals surface area (Å²) < 4.78 is 51.2. The van der Waals surface area contributed by atoms with Gasteiger partial charge >= 0.3 is 6.18 Å². The zero-order valence-corrected chi connectivity index (χ0v) is 19.3. The summed E-state index contributed by atoms with van der Waals surface area (Å²) in [6, 6.07) is 3.12. The van der Waals surface area contributed by atoms with Gasteiger partial charge in [-0.2, -0.15) is 18.3 Å². The molecule has 4 aromatic heterocycles. The number of rotatable bonds is 5. The highest BCUT2D eigenvalue weighted by Crippen LogP contribution is 2.36. The quantitative estimate of drug-likeness (QED) is 0.437. The fourth-order valence-electron chi connectivity index (χ4n) is 3.52. The number of halogens is 3. The highest BCUT2D eigenvalue weighted by molar-refractivity contribution is 5.90. The second-order valence-corrected chi connectivity index (χ2v) is 8.86. The van der Waals surface area contributed by atoms with Gasteiger partial charge in [-0.1, -0.05) is 0 Å². The molecule has 4 aromatic rings. The Balaban J connectivity index is 1.76. The van der Waals surface area contributed by atoms with Crippen molar-refractivity contribution in [2.24, 2.45) is 0 Å². The molecule has 0 saturated heterocycles. The number of alkyl halides is 3. The van der Waals surface area contributed by atoms with Crippen LogP contribution in [0.4, 0.5) is 13.2 Å². The highest BCUT2D eigenvalue weighted by Gasteiger charge is 2.29. The Hall–Kier alpha value is -3.76. The number of aromatic nitrogens is 5. The molecule has 0 aliphatic rings. The van der Waals surface area contributed by atoms with Crippen LogP contribution in [0.1, 0.15) is 26.3 Å². The normalized spacial score (nSPS) is 12.4. The van der Waals surface area contributed by atoms with E-state index in [0.29, 0.717) is 27.8 Å². The number of nitrogens with zero attached hydrogens (tertiary/aromatic N) is 5. The fraction of sp³-hybridized carbons (Fsp3) is 0.348. The van der Waals surface area contributed by atoms with E-state index in [1.54, 1.807) is 27.7 Å². The first-order chi connectivity index (χ1) is 15.9. The minimum Gasteiger partial charge on any atom is -0.494 e. The number of hydrogen-bond donors (Lipinski definition) is 1. The van der Waals surface area contributed by atoms with Gasteiger partial charge in [0.05, 0.1) is 41.1 Å². The lowest BCUT2D eigenvalue weighted by atomic mass is 10.1. The van der Waals surface area contributed by atoms with Gasteiger partial charge in [-0.15, -0.1) is 0 Å². The van der Waals surface area contributed by atoms with Gasteiger partial charge in [-0.05, 0) is 45.4 Å². The Morgan fingerprint density at radius 1 is 1.09 bits per heavy atom. The SMILES string of the molecule is COc1ncc(-c2cc(C)c3c(O)n(-c4cnn(C(C)(C)C)c4)cc3n2)cc1OCC(F)(F)F. The molecule has 0 unspecified atom stereocenters. The maximum Gasteiger partial charge on any atom is 0.422 e. The lowest BCUT2D eigenvalue weighted by Gasteiger charge is -2.18. The summed E-state index contributed by atoms with van der Waals surface area (Å²) in [6.07, 6.45) is 2.10. The minimum atomic E-state index is -4.50. The van der Waals surface area contributed by atoms with E-state index in [4.69, 9.17) is 9.47 Å². The second-order valence-electron chi connectivity index (χ2n) is 8.86. The Morgan fingerprint density at radius 2 is 1.82 bits per heavy atom. The Labute approximate surface area is 193 Å². The van der Waals surface area contributed by atoms with Gasteiger partial charge in [-0.3, -0.25) is 9.25 Å². The third-order valence-corrected chi connectivity index (χ3v) is 5.18. The van der Waals surface area contributed by atoms with Crippen molar-refractivity contribution in [2.75, 3.05) is 13.7 Å². The second kappa shape index (κ2) is 8.23. The standard InChI is InChI=1S/C23H24F3N5O3/c1-13-6-16(14-7-18(20(33-5)27-8-14)34-12-23(24,25)26)29-17-11-30(21(32)19(13)17)15-9-28-31(10-15)22(2,3)4/h6-11,32H,12H2,1-5H3. The molecule has 0 aromatic carbocycles. The molecule has 11 heteroatoms. The Bertz CT molecular complexity index is 1350. The molecule has 0 atom stereocenters. The van der Waals surface area contributed by atoms with Crippen molar-refractivity contribution in [3.63, 3.8) is 0 Å². The smallest absolute Gasteiger partial charge is 0.422 e. The van der Waals surface area contributed by atoms with Crippen LogP contribution in [-0.4, -0.2) is 49.3 Å². The first-order valence-corrected chi connectivity index (χ1v) is 10.4. The van der Waals surface area contributed by atoms with E-state index >= 15 is 0 Å². The average molecular weight is 475 g/mol. The summed E-state index contributed by atoms with van der Waals surface area (Å²) in [5.74, 6) is -0.195. The monoisotopic (exact) mass is 475 g/mol. The van der Waals surface area contributed by atoms with Crippen molar-refractivity contribution in [2.45, 2.75) is 39.4 Å². The summed E-state index contributed by atoms with van der Waals surface area (Å²) in [5.41, 5.74) is 2.57. The summed E-state index contributed by atoms with van der Waals surface area (Å²) in [4.78, 5) is 8.67. The molecule has 0 fully saturated rings. The van der Waals surface area contributed by atoms with Gasteiger partial charge < -0.3 is 14.6 Å². The van der Waals surface area contributed by atoms with Crippen LogP contribution >= 0.6 is 0 Å². The van der Waals surface area contributed by atoms with Crippen LogP contribution in [0.3, 0.4) is 0 Å². The first-order valence-electron chi connectivity index (χ1n) is 10.4. The van der Waals surface area contributed by atoms with E-state index in [9.17, 15) is 18.3 Å². The molecule has 0 amide bonds. The number of ether oxygens (including phenoxy) is 2. The van der Waals surface area contributed by atoms with Crippen LogP contribution in [0.2, 0.25) is 0 Å².